The number of hydrogen-bond donors (Lipinski definition) is 3. The second-order valence-electron chi connectivity index (χ2n) is 3.01. The van der Waals surface area contributed by atoms with E-state index in [0.717, 1.165) is 7.05 Å². The molecule has 0 aliphatic heterocycles. The average Bonchev–Trinajstić information content (AvgIpc) is 2.14. The molecule has 0 aliphatic rings. The number of amides is 1. The Morgan fingerprint density at radius 1 is 1.44 bits per heavy atom. The third-order valence-electron chi connectivity index (χ3n) is 1.73. The van der Waals surface area contributed by atoms with E-state index in [1.807, 2.05) is 0 Å². The van der Waals surface area contributed by atoms with E-state index in [-0.39, 0.29) is 5.75 Å². The zero-order chi connectivity index (χ0) is 13.0. The summed E-state index contributed by atoms with van der Waals surface area (Å²) in [5.41, 5.74) is 0. The van der Waals surface area contributed by atoms with Crippen molar-refractivity contribution < 1.29 is 27.6 Å². The van der Waals surface area contributed by atoms with Gasteiger partial charge in [-0.1, -0.05) is 0 Å². The van der Waals surface area contributed by atoms with Crippen molar-refractivity contribution in [3.05, 3.63) is 0 Å². The van der Waals surface area contributed by atoms with Gasteiger partial charge in [-0.2, -0.15) is 0 Å². The maximum Gasteiger partial charge on any atom is 0.339 e. The molecule has 0 saturated heterocycles. The van der Waals surface area contributed by atoms with Crippen molar-refractivity contribution in [2.75, 3.05) is 25.6 Å². The summed E-state index contributed by atoms with van der Waals surface area (Å²) in [5.74, 6) is -0.983. The van der Waals surface area contributed by atoms with Crippen LogP contribution in [0.15, 0.2) is 0 Å². The van der Waals surface area contributed by atoms with Crippen molar-refractivity contribution in [3.8, 4) is 0 Å². The van der Waals surface area contributed by atoms with Gasteiger partial charge < -0.3 is 9.79 Å². The Balaban J connectivity index is 4.24. The van der Waals surface area contributed by atoms with Crippen LogP contribution >= 0.6 is 7.60 Å². The second kappa shape index (κ2) is 5.74. The van der Waals surface area contributed by atoms with Crippen LogP contribution in [0.2, 0.25) is 0 Å². The highest BCUT2D eigenvalue weighted by Crippen LogP contribution is 2.31. The third-order valence-corrected chi connectivity index (χ3v) is 4.13. The Kier molecular flexibility index (Phi) is 5.57. The van der Waals surface area contributed by atoms with Gasteiger partial charge in [-0.25, -0.2) is 12.7 Å². The number of carbonyl (C=O) groups excluding carboxylic acids is 1. The fourth-order valence-electron chi connectivity index (χ4n) is 0.769. The lowest BCUT2D eigenvalue weighted by Crippen LogP contribution is -2.40. The fourth-order valence-corrected chi connectivity index (χ4v) is 1.93. The molecule has 0 rings (SSSR count). The van der Waals surface area contributed by atoms with Gasteiger partial charge in [-0.3, -0.25) is 14.7 Å². The maximum atomic E-state index is 11.3. The molecule has 0 aromatic rings. The number of nitrogens with one attached hydrogen (secondary N) is 1. The molecular weight excluding hydrogens is 259 g/mol. The smallest absolute Gasteiger partial charge is 0.324 e. The topological polar surface area (TPSA) is 124 Å². The van der Waals surface area contributed by atoms with Gasteiger partial charge in [0.15, 0.2) is 0 Å². The molecule has 0 bridgehead atoms. The molecule has 0 unspecified atom stereocenters. The van der Waals surface area contributed by atoms with E-state index < -0.39 is 36.4 Å². The second-order valence-corrected chi connectivity index (χ2v) is 6.95. The molecule has 3 N–H and O–H groups in total. The first kappa shape index (κ1) is 15.5. The van der Waals surface area contributed by atoms with Crippen molar-refractivity contribution >= 4 is 23.5 Å². The standard InChI is InChI=1S/C6H15N2O6PS/c1-3-16(13,14)8(2)6(9)4-7-5-15(10,11)12/h7H,3-5H2,1-2H3,(H2,10,11,12). The number of sulfonamides is 1. The number of likely N-dealkylation sites (N-methyl/N-ethyl adjacent to an activating group) is 1. The minimum absolute atomic E-state index is 0.215. The molecule has 1 amide bonds. The molecule has 0 atom stereocenters. The van der Waals surface area contributed by atoms with Crippen molar-refractivity contribution in [2.24, 2.45) is 0 Å². The number of nitrogens with zero attached hydrogens (tertiary/aromatic N) is 1. The van der Waals surface area contributed by atoms with Gasteiger partial charge in [0.1, 0.15) is 0 Å². The molecule has 96 valence electrons. The van der Waals surface area contributed by atoms with E-state index in [1.54, 1.807) is 0 Å². The van der Waals surface area contributed by atoms with Gasteiger partial charge in [-0.15, -0.1) is 0 Å². The highest BCUT2D eigenvalue weighted by atomic mass is 32.2. The average molecular weight is 274 g/mol. The predicted octanol–water partition coefficient (Wildman–Crippen LogP) is -1.48. The summed E-state index contributed by atoms with van der Waals surface area (Å²) in [6.45, 7) is 0.947. The maximum absolute atomic E-state index is 11.3. The van der Waals surface area contributed by atoms with Crippen LogP contribution in [-0.4, -0.2) is 54.0 Å². The summed E-state index contributed by atoms with van der Waals surface area (Å²) in [7, 11) is -6.75. The lowest BCUT2D eigenvalue weighted by atomic mass is 10.6. The van der Waals surface area contributed by atoms with Crippen LogP contribution in [0.4, 0.5) is 0 Å². The number of hydrogen-bond acceptors (Lipinski definition) is 5. The summed E-state index contributed by atoms with van der Waals surface area (Å²) in [4.78, 5) is 28.2. The summed E-state index contributed by atoms with van der Waals surface area (Å²) >= 11 is 0. The summed E-state index contributed by atoms with van der Waals surface area (Å²) in [6.07, 6.45) is -0.668. The normalized spacial score (nSPS) is 12.5. The van der Waals surface area contributed by atoms with Crippen molar-refractivity contribution in [3.63, 3.8) is 0 Å². The Morgan fingerprint density at radius 2 is 1.94 bits per heavy atom. The summed E-state index contributed by atoms with van der Waals surface area (Å²) in [5, 5.41) is 2.18. The van der Waals surface area contributed by atoms with E-state index in [1.165, 1.54) is 6.92 Å². The van der Waals surface area contributed by atoms with Crippen molar-refractivity contribution in [2.45, 2.75) is 6.92 Å². The molecule has 0 heterocycles. The van der Waals surface area contributed by atoms with Crippen LogP contribution in [0, 0.1) is 0 Å². The summed E-state index contributed by atoms with van der Waals surface area (Å²) in [6, 6.07) is 0. The molecule has 8 nitrogen and oxygen atoms in total. The monoisotopic (exact) mass is 274 g/mol. The lowest BCUT2D eigenvalue weighted by molar-refractivity contribution is -0.124. The van der Waals surface area contributed by atoms with Crippen LogP contribution in [0.25, 0.3) is 0 Å². The zero-order valence-corrected chi connectivity index (χ0v) is 10.7. The van der Waals surface area contributed by atoms with E-state index in [9.17, 15) is 17.8 Å². The number of carbonyl (C=O) groups is 1. The molecular formula is C6H15N2O6PS. The van der Waals surface area contributed by atoms with Gasteiger partial charge in [0, 0.05) is 7.05 Å². The molecule has 0 aromatic heterocycles. The van der Waals surface area contributed by atoms with Gasteiger partial charge in [0.2, 0.25) is 15.9 Å². The van der Waals surface area contributed by atoms with Crippen molar-refractivity contribution in [1.29, 1.82) is 0 Å². The zero-order valence-electron chi connectivity index (χ0n) is 8.95. The van der Waals surface area contributed by atoms with Crippen LogP contribution in [-0.2, 0) is 19.4 Å². The van der Waals surface area contributed by atoms with Crippen LogP contribution in [0.1, 0.15) is 6.92 Å². The van der Waals surface area contributed by atoms with E-state index in [2.05, 4.69) is 5.32 Å². The molecule has 0 saturated carbocycles. The molecule has 0 fully saturated rings. The van der Waals surface area contributed by atoms with E-state index >= 15 is 0 Å². The van der Waals surface area contributed by atoms with Crippen LogP contribution in [0.5, 0.6) is 0 Å². The van der Waals surface area contributed by atoms with Gasteiger partial charge in [0.05, 0.1) is 18.6 Å². The van der Waals surface area contributed by atoms with Crippen LogP contribution in [0.3, 0.4) is 0 Å². The highest BCUT2D eigenvalue weighted by molar-refractivity contribution is 7.89. The highest BCUT2D eigenvalue weighted by Gasteiger charge is 2.21. The first-order valence-corrected chi connectivity index (χ1v) is 7.75. The molecule has 0 spiro atoms. The van der Waals surface area contributed by atoms with Gasteiger partial charge >= 0.3 is 7.60 Å². The molecule has 10 heteroatoms. The van der Waals surface area contributed by atoms with Gasteiger partial charge in [-0.05, 0) is 6.92 Å². The number of rotatable bonds is 6. The quantitative estimate of drug-likeness (QED) is 0.504. The molecule has 0 aliphatic carbocycles. The SMILES string of the molecule is CCS(=O)(=O)N(C)C(=O)CNCP(=O)(O)O. The largest absolute Gasteiger partial charge is 0.339 e. The predicted molar refractivity (Wildman–Crippen MR) is 57.1 cm³/mol. The first-order valence-electron chi connectivity index (χ1n) is 4.35. The molecule has 16 heavy (non-hydrogen) atoms. The van der Waals surface area contributed by atoms with E-state index in [4.69, 9.17) is 9.79 Å². The summed E-state index contributed by atoms with van der Waals surface area (Å²) < 4.78 is 33.4. The van der Waals surface area contributed by atoms with Crippen LogP contribution < -0.4 is 5.32 Å². The minimum atomic E-state index is -4.23. The van der Waals surface area contributed by atoms with Crippen molar-refractivity contribution in [1.82, 2.24) is 9.62 Å². The Morgan fingerprint density at radius 3 is 2.31 bits per heavy atom. The molecule has 0 aromatic carbocycles. The Bertz CT molecular complexity index is 388. The Labute approximate surface area is 93.8 Å². The van der Waals surface area contributed by atoms with Gasteiger partial charge in [0.25, 0.3) is 0 Å². The molecule has 0 radical (unpaired) electrons. The fraction of sp³-hybridized carbons (Fsp3) is 0.833. The Hall–Kier alpha value is -0.470. The minimum Gasteiger partial charge on any atom is -0.324 e. The lowest BCUT2D eigenvalue weighted by Gasteiger charge is -2.16. The third kappa shape index (κ3) is 5.57. The van der Waals surface area contributed by atoms with E-state index in [0.29, 0.717) is 4.31 Å². The first-order chi connectivity index (χ1) is 7.10.